The molecule has 0 bridgehead atoms. The molecule has 3 nitrogen and oxygen atoms in total. The molecule has 3 atom stereocenters. The van der Waals surface area contributed by atoms with Gasteiger partial charge in [0.1, 0.15) is 0 Å². The van der Waals surface area contributed by atoms with E-state index >= 15 is 0 Å². The molecule has 4 heteroatoms. The zero-order valence-corrected chi connectivity index (χ0v) is 12.6. The first-order valence-electron chi connectivity index (χ1n) is 6.80. The lowest BCUT2D eigenvalue weighted by molar-refractivity contribution is -0.114. The van der Waals surface area contributed by atoms with Crippen LogP contribution in [0.3, 0.4) is 0 Å². The molecule has 0 saturated carbocycles. The summed E-state index contributed by atoms with van der Waals surface area (Å²) in [6, 6.07) is 8.97. The SMILES string of the molecule is CC(=O)Nc1cccc(C(C)NC2CSC(C)C2)c1. The molecule has 1 heterocycles. The van der Waals surface area contributed by atoms with E-state index < -0.39 is 0 Å². The highest BCUT2D eigenvalue weighted by Gasteiger charge is 2.23. The minimum Gasteiger partial charge on any atom is -0.326 e. The molecule has 0 radical (unpaired) electrons. The fourth-order valence-electron chi connectivity index (χ4n) is 2.47. The molecule has 1 aliphatic rings. The molecule has 1 aliphatic heterocycles. The number of benzene rings is 1. The smallest absolute Gasteiger partial charge is 0.221 e. The van der Waals surface area contributed by atoms with E-state index in [2.05, 4.69) is 30.5 Å². The molecule has 2 N–H and O–H groups in total. The molecule has 3 unspecified atom stereocenters. The Bertz CT molecular complexity index is 450. The van der Waals surface area contributed by atoms with Gasteiger partial charge in [0, 0.05) is 35.7 Å². The van der Waals surface area contributed by atoms with E-state index in [0.29, 0.717) is 12.1 Å². The lowest BCUT2D eigenvalue weighted by atomic mass is 10.1. The number of nitrogens with one attached hydrogen (secondary N) is 2. The lowest BCUT2D eigenvalue weighted by Gasteiger charge is -2.20. The summed E-state index contributed by atoms with van der Waals surface area (Å²) in [6.07, 6.45) is 1.24. The van der Waals surface area contributed by atoms with Crippen molar-refractivity contribution < 1.29 is 4.79 Å². The summed E-state index contributed by atoms with van der Waals surface area (Å²) in [5.41, 5.74) is 2.09. The van der Waals surface area contributed by atoms with E-state index in [9.17, 15) is 4.79 Å². The highest BCUT2D eigenvalue weighted by atomic mass is 32.2. The van der Waals surface area contributed by atoms with Gasteiger partial charge in [0.05, 0.1) is 0 Å². The average Bonchev–Trinajstić information content (AvgIpc) is 2.74. The summed E-state index contributed by atoms with van der Waals surface area (Å²) in [5.74, 6) is 1.16. The van der Waals surface area contributed by atoms with Gasteiger partial charge in [-0.25, -0.2) is 0 Å². The molecule has 1 amide bonds. The molecule has 1 fully saturated rings. The van der Waals surface area contributed by atoms with E-state index in [1.54, 1.807) is 0 Å². The second-order valence-electron chi connectivity index (χ2n) is 5.27. The van der Waals surface area contributed by atoms with Gasteiger partial charge in [-0.3, -0.25) is 4.79 Å². The zero-order chi connectivity index (χ0) is 13.8. The maximum atomic E-state index is 11.1. The summed E-state index contributed by atoms with van der Waals surface area (Å²) in [4.78, 5) is 11.1. The molecule has 1 aromatic carbocycles. The Kier molecular flexibility index (Phi) is 4.88. The van der Waals surface area contributed by atoms with Crippen molar-refractivity contribution in [2.75, 3.05) is 11.1 Å². The summed E-state index contributed by atoms with van der Waals surface area (Å²) >= 11 is 2.03. The summed E-state index contributed by atoms with van der Waals surface area (Å²) in [5, 5.41) is 7.26. The first-order chi connectivity index (χ1) is 9.04. The molecule has 2 rings (SSSR count). The molecular formula is C15H22N2OS. The van der Waals surface area contributed by atoms with Crippen LogP contribution >= 0.6 is 11.8 Å². The van der Waals surface area contributed by atoms with Gasteiger partial charge in [-0.2, -0.15) is 11.8 Å². The molecular weight excluding hydrogens is 256 g/mol. The Labute approximate surface area is 119 Å². The third-order valence-corrected chi connectivity index (χ3v) is 4.75. The van der Waals surface area contributed by atoms with Crippen LogP contribution in [-0.2, 0) is 4.79 Å². The molecule has 104 valence electrons. The van der Waals surface area contributed by atoms with Crippen LogP contribution in [0.15, 0.2) is 24.3 Å². The minimum absolute atomic E-state index is 0.0289. The Morgan fingerprint density at radius 2 is 2.26 bits per heavy atom. The third-order valence-electron chi connectivity index (χ3n) is 3.39. The number of carbonyl (C=O) groups excluding carboxylic acids is 1. The second-order valence-corrected chi connectivity index (χ2v) is 6.74. The van der Waals surface area contributed by atoms with Crippen LogP contribution in [0.1, 0.15) is 38.8 Å². The number of amides is 1. The average molecular weight is 278 g/mol. The molecule has 0 spiro atoms. The summed E-state index contributed by atoms with van der Waals surface area (Å²) in [7, 11) is 0. The number of rotatable bonds is 4. The number of thioether (sulfide) groups is 1. The maximum Gasteiger partial charge on any atom is 0.221 e. The molecule has 0 aliphatic carbocycles. The van der Waals surface area contributed by atoms with E-state index in [0.717, 1.165) is 10.9 Å². The normalized spacial score (nSPS) is 24.2. The van der Waals surface area contributed by atoms with Crippen molar-refractivity contribution in [1.82, 2.24) is 5.32 Å². The lowest BCUT2D eigenvalue weighted by Crippen LogP contribution is -2.31. The van der Waals surface area contributed by atoms with Crippen LogP contribution in [0, 0.1) is 0 Å². The molecule has 0 aromatic heterocycles. The predicted molar refractivity (Wildman–Crippen MR) is 82.6 cm³/mol. The van der Waals surface area contributed by atoms with Gasteiger partial charge in [0.2, 0.25) is 5.91 Å². The van der Waals surface area contributed by atoms with Crippen molar-refractivity contribution in [1.29, 1.82) is 0 Å². The Hall–Kier alpha value is -1.00. The van der Waals surface area contributed by atoms with Gasteiger partial charge >= 0.3 is 0 Å². The quantitative estimate of drug-likeness (QED) is 0.888. The van der Waals surface area contributed by atoms with Crippen molar-refractivity contribution in [2.45, 2.75) is 44.5 Å². The topological polar surface area (TPSA) is 41.1 Å². The number of anilines is 1. The highest BCUT2D eigenvalue weighted by molar-refractivity contribution is 8.00. The Morgan fingerprint density at radius 3 is 2.89 bits per heavy atom. The van der Waals surface area contributed by atoms with Crippen molar-refractivity contribution in [2.24, 2.45) is 0 Å². The van der Waals surface area contributed by atoms with E-state index in [1.807, 2.05) is 30.0 Å². The number of hydrogen-bond acceptors (Lipinski definition) is 3. The van der Waals surface area contributed by atoms with Crippen molar-refractivity contribution in [3.8, 4) is 0 Å². The monoisotopic (exact) mass is 278 g/mol. The number of hydrogen-bond donors (Lipinski definition) is 2. The fraction of sp³-hybridized carbons (Fsp3) is 0.533. The van der Waals surface area contributed by atoms with Crippen molar-refractivity contribution >= 4 is 23.4 Å². The van der Waals surface area contributed by atoms with Crippen molar-refractivity contribution in [3.63, 3.8) is 0 Å². The standard InChI is InChI=1S/C15H22N2OS/c1-10-7-15(9-19-10)16-11(2)13-5-4-6-14(8-13)17-12(3)18/h4-6,8,10-11,15-16H,7,9H2,1-3H3,(H,17,18). The minimum atomic E-state index is -0.0289. The summed E-state index contributed by atoms with van der Waals surface area (Å²) < 4.78 is 0. The second kappa shape index (κ2) is 6.44. The van der Waals surface area contributed by atoms with E-state index in [1.165, 1.54) is 24.7 Å². The molecule has 1 aromatic rings. The maximum absolute atomic E-state index is 11.1. The zero-order valence-electron chi connectivity index (χ0n) is 11.8. The van der Waals surface area contributed by atoms with Gasteiger partial charge < -0.3 is 10.6 Å². The first kappa shape index (κ1) is 14.4. The number of carbonyl (C=O) groups is 1. The molecule has 1 saturated heterocycles. The first-order valence-corrected chi connectivity index (χ1v) is 7.84. The van der Waals surface area contributed by atoms with Crippen molar-refractivity contribution in [3.05, 3.63) is 29.8 Å². The van der Waals surface area contributed by atoms with Gasteiger partial charge in [0.15, 0.2) is 0 Å². The van der Waals surface area contributed by atoms with E-state index in [4.69, 9.17) is 0 Å². The molecule has 19 heavy (non-hydrogen) atoms. The van der Waals surface area contributed by atoms with Gasteiger partial charge in [-0.05, 0) is 31.0 Å². The van der Waals surface area contributed by atoms with E-state index in [-0.39, 0.29) is 5.91 Å². The Morgan fingerprint density at radius 1 is 1.47 bits per heavy atom. The summed E-state index contributed by atoms with van der Waals surface area (Å²) in [6.45, 7) is 6.00. The van der Waals surface area contributed by atoms with Gasteiger partial charge in [0.25, 0.3) is 0 Å². The van der Waals surface area contributed by atoms with Crippen LogP contribution in [0.25, 0.3) is 0 Å². The van der Waals surface area contributed by atoms with Crippen LogP contribution in [0.5, 0.6) is 0 Å². The largest absolute Gasteiger partial charge is 0.326 e. The van der Waals surface area contributed by atoms with Crippen LogP contribution < -0.4 is 10.6 Å². The fourth-order valence-corrected chi connectivity index (χ4v) is 3.63. The van der Waals surface area contributed by atoms with Crippen LogP contribution in [-0.4, -0.2) is 23.0 Å². The van der Waals surface area contributed by atoms with Gasteiger partial charge in [-0.15, -0.1) is 0 Å². The third kappa shape index (κ3) is 4.25. The van der Waals surface area contributed by atoms with Gasteiger partial charge in [-0.1, -0.05) is 19.1 Å². The highest BCUT2D eigenvalue weighted by Crippen LogP contribution is 2.28. The van der Waals surface area contributed by atoms with Crippen LogP contribution in [0.4, 0.5) is 5.69 Å². The van der Waals surface area contributed by atoms with Crippen LogP contribution in [0.2, 0.25) is 0 Å². The Balaban J connectivity index is 1.98. The predicted octanol–water partition coefficient (Wildman–Crippen LogP) is 3.19.